The van der Waals surface area contributed by atoms with E-state index in [0.717, 1.165) is 37.2 Å². The fourth-order valence-corrected chi connectivity index (χ4v) is 3.15. The van der Waals surface area contributed by atoms with Crippen molar-refractivity contribution in [1.29, 1.82) is 0 Å². The first-order valence-corrected chi connectivity index (χ1v) is 8.55. The third-order valence-corrected chi connectivity index (χ3v) is 4.49. The number of hydrogen-bond acceptors (Lipinski definition) is 4. The maximum atomic E-state index is 13.0. The zero-order valence-electron chi connectivity index (χ0n) is 14.7. The highest BCUT2D eigenvalue weighted by molar-refractivity contribution is 5.86. The smallest absolute Gasteiger partial charge is 0.249 e. The van der Waals surface area contributed by atoms with Crippen LogP contribution in [0.4, 0.5) is 5.69 Å². The van der Waals surface area contributed by atoms with E-state index in [1.165, 1.54) is 0 Å². The molecular weight excluding hydrogens is 316 g/mol. The van der Waals surface area contributed by atoms with Crippen molar-refractivity contribution in [3.8, 4) is 11.5 Å². The predicted octanol–water partition coefficient (Wildman–Crippen LogP) is 3.48. The summed E-state index contributed by atoms with van der Waals surface area (Å²) in [6.45, 7) is 1.66. The molecule has 5 nitrogen and oxygen atoms in total. The quantitative estimate of drug-likeness (QED) is 0.875. The number of carbonyl (C=O) groups excluding carboxylic acids is 1. The molecule has 1 amide bonds. The normalized spacial score (nSPS) is 14.9. The van der Waals surface area contributed by atoms with Gasteiger partial charge in [-0.25, -0.2) is 0 Å². The van der Waals surface area contributed by atoms with Crippen molar-refractivity contribution >= 4 is 11.6 Å². The molecule has 0 saturated carbocycles. The Balaban J connectivity index is 1.88. The van der Waals surface area contributed by atoms with Gasteiger partial charge in [0.1, 0.15) is 6.04 Å². The van der Waals surface area contributed by atoms with Crippen molar-refractivity contribution < 1.29 is 14.3 Å². The Bertz CT molecular complexity index is 712. The molecule has 0 radical (unpaired) electrons. The van der Waals surface area contributed by atoms with Crippen molar-refractivity contribution in [2.75, 3.05) is 32.6 Å². The van der Waals surface area contributed by atoms with Crippen LogP contribution in [0.15, 0.2) is 48.5 Å². The van der Waals surface area contributed by atoms with Gasteiger partial charge in [0.25, 0.3) is 0 Å². The molecule has 1 saturated heterocycles. The number of nitrogens with zero attached hydrogens (tertiary/aromatic N) is 1. The Kier molecular flexibility index (Phi) is 5.43. The van der Waals surface area contributed by atoms with Gasteiger partial charge < -0.3 is 19.7 Å². The third kappa shape index (κ3) is 3.87. The second kappa shape index (κ2) is 7.92. The number of anilines is 1. The largest absolute Gasteiger partial charge is 0.493 e. The summed E-state index contributed by atoms with van der Waals surface area (Å²) in [5, 5.41) is 3.37. The number of nitrogens with one attached hydrogen (secondary N) is 1. The van der Waals surface area contributed by atoms with Gasteiger partial charge in [0.05, 0.1) is 14.2 Å². The van der Waals surface area contributed by atoms with E-state index in [0.29, 0.717) is 11.5 Å². The van der Waals surface area contributed by atoms with Crippen LogP contribution in [0.3, 0.4) is 0 Å². The molecule has 1 fully saturated rings. The first-order chi connectivity index (χ1) is 12.2. The molecular formula is C20H24N2O3. The molecule has 0 spiro atoms. The van der Waals surface area contributed by atoms with Crippen LogP contribution in [0.1, 0.15) is 24.4 Å². The molecule has 0 aromatic heterocycles. The Labute approximate surface area is 148 Å². The van der Waals surface area contributed by atoms with Crippen LogP contribution >= 0.6 is 0 Å². The summed E-state index contributed by atoms with van der Waals surface area (Å²) in [7, 11) is 3.21. The second-order valence-corrected chi connectivity index (χ2v) is 6.09. The van der Waals surface area contributed by atoms with Crippen LogP contribution in [0.5, 0.6) is 11.5 Å². The van der Waals surface area contributed by atoms with Crippen LogP contribution < -0.4 is 14.8 Å². The van der Waals surface area contributed by atoms with Crippen LogP contribution in [-0.2, 0) is 4.79 Å². The number of carbonyl (C=O) groups is 1. The van der Waals surface area contributed by atoms with E-state index in [1.54, 1.807) is 14.2 Å². The van der Waals surface area contributed by atoms with Gasteiger partial charge in [-0.1, -0.05) is 30.3 Å². The lowest BCUT2D eigenvalue weighted by molar-refractivity contribution is -0.131. The molecule has 1 N–H and O–H groups in total. The highest BCUT2D eigenvalue weighted by Crippen LogP contribution is 2.32. The van der Waals surface area contributed by atoms with Crippen LogP contribution in [-0.4, -0.2) is 38.1 Å². The van der Waals surface area contributed by atoms with Gasteiger partial charge in [0, 0.05) is 24.8 Å². The van der Waals surface area contributed by atoms with E-state index in [1.807, 2.05) is 53.4 Å². The van der Waals surface area contributed by atoms with Gasteiger partial charge in [-0.15, -0.1) is 0 Å². The summed E-state index contributed by atoms with van der Waals surface area (Å²) >= 11 is 0. The van der Waals surface area contributed by atoms with E-state index in [4.69, 9.17) is 9.47 Å². The van der Waals surface area contributed by atoms with Crippen molar-refractivity contribution in [1.82, 2.24) is 4.90 Å². The SMILES string of the molecule is COc1ccc(NC(C(=O)N2CCCC2)c2ccccc2)cc1OC. The summed E-state index contributed by atoms with van der Waals surface area (Å²) in [6.07, 6.45) is 2.15. The lowest BCUT2D eigenvalue weighted by atomic mass is 10.0. The number of likely N-dealkylation sites (tertiary alicyclic amines) is 1. The molecule has 0 aliphatic carbocycles. The van der Waals surface area contributed by atoms with Crippen molar-refractivity contribution in [3.05, 3.63) is 54.1 Å². The molecule has 1 unspecified atom stereocenters. The summed E-state index contributed by atoms with van der Waals surface area (Å²) in [5.41, 5.74) is 1.77. The Morgan fingerprint density at radius 2 is 1.68 bits per heavy atom. The molecule has 3 rings (SSSR count). The van der Waals surface area contributed by atoms with Gasteiger partial charge in [-0.2, -0.15) is 0 Å². The number of methoxy groups -OCH3 is 2. The van der Waals surface area contributed by atoms with E-state index >= 15 is 0 Å². The lowest BCUT2D eigenvalue weighted by Crippen LogP contribution is -2.36. The Hall–Kier alpha value is -2.69. The standard InChI is InChI=1S/C20H24N2O3/c1-24-17-11-10-16(14-18(17)25-2)21-19(15-8-4-3-5-9-15)20(23)22-12-6-7-13-22/h3-5,8-11,14,19,21H,6-7,12-13H2,1-2H3. The first-order valence-electron chi connectivity index (χ1n) is 8.55. The van der Waals surface area contributed by atoms with Crippen molar-refractivity contribution in [2.45, 2.75) is 18.9 Å². The van der Waals surface area contributed by atoms with E-state index in [2.05, 4.69) is 5.32 Å². The van der Waals surface area contributed by atoms with Crippen LogP contribution in [0, 0.1) is 0 Å². The van der Waals surface area contributed by atoms with Crippen molar-refractivity contribution in [2.24, 2.45) is 0 Å². The number of hydrogen-bond donors (Lipinski definition) is 1. The number of ether oxygens (including phenoxy) is 2. The van der Waals surface area contributed by atoms with Gasteiger partial charge in [0.15, 0.2) is 11.5 Å². The molecule has 2 aromatic carbocycles. The lowest BCUT2D eigenvalue weighted by Gasteiger charge is -2.25. The second-order valence-electron chi connectivity index (χ2n) is 6.09. The molecule has 1 aliphatic heterocycles. The van der Waals surface area contributed by atoms with E-state index in [-0.39, 0.29) is 5.91 Å². The van der Waals surface area contributed by atoms with E-state index in [9.17, 15) is 4.79 Å². The maximum Gasteiger partial charge on any atom is 0.249 e. The third-order valence-electron chi connectivity index (χ3n) is 4.49. The molecule has 2 aromatic rings. The van der Waals surface area contributed by atoms with Crippen LogP contribution in [0.2, 0.25) is 0 Å². The molecule has 1 atom stereocenters. The molecule has 5 heteroatoms. The molecule has 25 heavy (non-hydrogen) atoms. The maximum absolute atomic E-state index is 13.0. The average Bonchev–Trinajstić information content (AvgIpc) is 3.21. The summed E-state index contributed by atoms with van der Waals surface area (Å²) in [6, 6.07) is 15.0. The fraction of sp³-hybridized carbons (Fsp3) is 0.350. The van der Waals surface area contributed by atoms with Gasteiger partial charge >= 0.3 is 0 Å². The average molecular weight is 340 g/mol. The summed E-state index contributed by atoms with van der Waals surface area (Å²) in [5.74, 6) is 1.40. The highest BCUT2D eigenvalue weighted by atomic mass is 16.5. The van der Waals surface area contributed by atoms with E-state index < -0.39 is 6.04 Å². The van der Waals surface area contributed by atoms with Gasteiger partial charge in [0.2, 0.25) is 5.91 Å². The summed E-state index contributed by atoms with van der Waals surface area (Å²) in [4.78, 5) is 15.0. The molecule has 1 heterocycles. The number of benzene rings is 2. The monoisotopic (exact) mass is 340 g/mol. The Morgan fingerprint density at radius 3 is 2.32 bits per heavy atom. The predicted molar refractivity (Wildman–Crippen MR) is 98.2 cm³/mol. The zero-order chi connectivity index (χ0) is 17.6. The minimum Gasteiger partial charge on any atom is -0.493 e. The summed E-state index contributed by atoms with van der Waals surface area (Å²) < 4.78 is 10.6. The first kappa shape index (κ1) is 17.1. The number of rotatable bonds is 6. The molecule has 0 bridgehead atoms. The molecule has 132 valence electrons. The zero-order valence-corrected chi connectivity index (χ0v) is 14.7. The van der Waals surface area contributed by atoms with Crippen molar-refractivity contribution in [3.63, 3.8) is 0 Å². The van der Waals surface area contributed by atoms with Crippen LogP contribution in [0.25, 0.3) is 0 Å². The number of amides is 1. The van der Waals surface area contributed by atoms with Gasteiger partial charge in [-0.05, 0) is 30.5 Å². The minimum absolute atomic E-state index is 0.110. The van der Waals surface area contributed by atoms with Gasteiger partial charge in [-0.3, -0.25) is 4.79 Å². The Morgan fingerprint density at radius 1 is 1.00 bits per heavy atom. The fourth-order valence-electron chi connectivity index (χ4n) is 3.15. The highest BCUT2D eigenvalue weighted by Gasteiger charge is 2.27. The topological polar surface area (TPSA) is 50.8 Å². The molecule has 1 aliphatic rings. The minimum atomic E-state index is -0.419.